The van der Waals surface area contributed by atoms with Crippen molar-refractivity contribution in [2.24, 2.45) is 0 Å². The maximum absolute atomic E-state index is 12.5. The molecular weight excluding hydrogens is 500 g/mol. The van der Waals surface area contributed by atoms with E-state index < -0.39 is 0 Å². The van der Waals surface area contributed by atoms with Gasteiger partial charge < -0.3 is 24.5 Å². The molecule has 2 fully saturated rings. The second kappa shape index (κ2) is 11.1. The summed E-state index contributed by atoms with van der Waals surface area (Å²) < 4.78 is 0. The summed E-state index contributed by atoms with van der Waals surface area (Å²) in [6, 6.07) is 11.8. The summed E-state index contributed by atoms with van der Waals surface area (Å²) in [5.41, 5.74) is 5.23. The van der Waals surface area contributed by atoms with Crippen molar-refractivity contribution in [3.63, 3.8) is 0 Å². The molecule has 3 aliphatic heterocycles. The predicted octanol–water partition coefficient (Wildman–Crippen LogP) is 2.65. The number of carbonyl (C=O) groups excluding carboxylic acids is 1. The molecule has 0 bridgehead atoms. The molecule has 9 nitrogen and oxygen atoms in total. The number of nitriles is 1. The Kier molecular flexibility index (Phi) is 7.37. The molecule has 40 heavy (non-hydrogen) atoms. The largest absolute Gasteiger partial charge is 0.368 e. The Balaban J connectivity index is 1.33. The Morgan fingerprint density at radius 2 is 1.95 bits per heavy atom. The van der Waals surface area contributed by atoms with E-state index in [0.29, 0.717) is 38.1 Å². The molecule has 0 radical (unpaired) electrons. The van der Waals surface area contributed by atoms with Crippen LogP contribution in [0.15, 0.2) is 36.9 Å². The number of carbonyl (C=O) groups is 1. The SMILES string of the molecule is C=CC(=O)N1CCN(c2nc(N3CCC(N(C)C)C3)nc3c2CCC(N2CCc4ccccc42)C3)C[C@@H]1CC#N. The number of likely N-dealkylation sites (N-methyl/N-ethyl adjacent to an activating group) is 1. The summed E-state index contributed by atoms with van der Waals surface area (Å²) in [5.74, 6) is 1.72. The zero-order valence-corrected chi connectivity index (χ0v) is 23.8. The Labute approximate surface area is 237 Å². The third kappa shape index (κ3) is 4.90. The molecular formula is C31H40N8O. The molecule has 1 aliphatic carbocycles. The van der Waals surface area contributed by atoms with Crippen LogP contribution in [0.4, 0.5) is 17.5 Å². The van der Waals surface area contributed by atoms with Gasteiger partial charge >= 0.3 is 0 Å². The number of aromatic nitrogens is 2. The van der Waals surface area contributed by atoms with E-state index in [4.69, 9.17) is 9.97 Å². The number of anilines is 3. The fourth-order valence-electron chi connectivity index (χ4n) is 7.06. The first-order chi connectivity index (χ1) is 19.5. The van der Waals surface area contributed by atoms with Crippen LogP contribution in [-0.4, -0.2) is 97.2 Å². The lowest BCUT2D eigenvalue weighted by Crippen LogP contribution is -2.55. The van der Waals surface area contributed by atoms with Crippen molar-refractivity contribution in [3.8, 4) is 6.07 Å². The lowest BCUT2D eigenvalue weighted by atomic mass is 9.90. The van der Waals surface area contributed by atoms with Gasteiger partial charge in [0.15, 0.2) is 0 Å². The molecule has 2 unspecified atom stereocenters. The van der Waals surface area contributed by atoms with Crippen LogP contribution >= 0.6 is 0 Å². The van der Waals surface area contributed by atoms with Gasteiger partial charge in [-0.1, -0.05) is 24.8 Å². The molecule has 2 aromatic rings. The van der Waals surface area contributed by atoms with Crippen LogP contribution in [-0.2, 0) is 24.1 Å². The smallest absolute Gasteiger partial charge is 0.246 e. The molecule has 1 aromatic heterocycles. The normalized spacial score (nSPS) is 24.2. The summed E-state index contributed by atoms with van der Waals surface area (Å²) in [6.07, 6.45) is 6.77. The van der Waals surface area contributed by atoms with Crippen molar-refractivity contribution in [2.45, 2.75) is 56.7 Å². The number of para-hydroxylation sites is 1. The molecule has 4 aliphatic rings. The van der Waals surface area contributed by atoms with E-state index in [1.807, 2.05) is 0 Å². The van der Waals surface area contributed by atoms with Gasteiger partial charge in [-0.3, -0.25) is 4.79 Å². The number of piperazine rings is 1. The first-order valence-corrected chi connectivity index (χ1v) is 14.7. The van der Waals surface area contributed by atoms with Gasteiger partial charge in [-0.05, 0) is 57.5 Å². The summed E-state index contributed by atoms with van der Waals surface area (Å²) in [6.45, 7) is 8.45. The van der Waals surface area contributed by atoms with Crippen LogP contribution in [0.25, 0.3) is 0 Å². The number of hydrogen-bond acceptors (Lipinski definition) is 8. The minimum absolute atomic E-state index is 0.106. The van der Waals surface area contributed by atoms with Crippen molar-refractivity contribution < 1.29 is 4.79 Å². The van der Waals surface area contributed by atoms with Crippen LogP contribution in [0.2, 0.25) is 0 Å². The zero-order chi connectivity index (χ0) is 27.8. The Bertz CT molecular complexity index is 1320. The van der Waals surface area contributed by atoms with Crippen LogP contribution < -0.4 is 14.7 Å². The second-order valence-corrected chi connectivity index (χ2v) is 11.8. The van der Waals surface area contributed by atoms with E-state index in [-0.39, 0.29) is 11.9 Å². The van der Waals surface area contributed by atoms with E-state index in [1.54, 1.807) is 4.90 Å². The quantitative estimate of drug-likeness (QED) is 0.518. The van der Waals surface area contributed by atoms with E-state index in [0.717, 1.165) is 69.2 Å². The van der Waals surface area contributed by atoms with Crippen molar-refractivity contribution in [2.75, 3.05) is 68.1 Å². The zero-order valence-electron chi connectivity index (χ0n) is 23.8. The first kappa shape index (κ1) is 26.6. The highest BCUT2D eigenvalue weighted by atomic mass is 16.2. The average Bonchev–Trinajstić information content (AvgIpc) is 3.64. The summed E-state index contributed by atoms with van der Waals surface area (Å²) >= 11 is 0. The Morgan fingerprint density at radius 3 is 2.73 bits per heavy atom. The lowest BCUT2D eigenvalue weighted by Gasteiger charge is -2.42. The van der Waals surface area contributed by atoms with Crippen LogP contribution in [0, 0.1) is 11.3 Å². The molecule has 210 valence electrons. The number of amides is 1. The predicted molar refractivity (Wildman–Crippen MR) is 158 cm³/mol. The molecule has 0 spiro atoms. The van der Waals surface area contributed by atoms with Crippen molar-refractivity contribution in [1.29, 1.82) is 5.26 Å². The monoisotopic (exact) mass is 540 g/mol. The molecule has 1 amide bonds. The maximum Gasteiger partial charge on any atom is 0.246 e. The van der Waals surface area contributed by atoms with Gasteiger partial charge in [0, 0.05) is 69.0 Å². The number of benzene rings is 1. The minimum atomic E-state index is -0.180. The van der Waals surface area contributed by atoms with Crippen LogP contribution in [0.1, 0.15) is 36.1 Å². The highest BCUT2D eigenvalue weighted by Gasteiger charge is 2.36. The molecule has 6 rings (SSSR count). The van der Waals surface area contributed by atoms with Crippen molar-refractivity contribution >= 4 is 23.4 Å². The molecule has 4 heterocycles. The molecule has 2 saturated heterocycles. The van der Waals surface area contributed by atoms with Gasteiger partial charge in [0.05, 0.1) is 24.2 Å². The number of hydrogen-bond donors (Lipinski definition) is 0. The highest BCUT2D eigenvalue weighted by Crippen LogP contribution is 2.37. The Morgan fingerprint density at radius 1 is 1.10 bits per heavy atom. The molecule has 3 atom stereocenters. The third-order valence-corrected chi connectivity index (χ3v) is 9.32. The van der Waals surface area contributed by atoms with E-state index in [1.165, 1.54) is 22.9 Å². The third-order valence-electron chi connectivity index (χ3n) is 9.32. The first-order valence-electron chi connectivity index (χ1n) is 14.7. The molecule has 9 heteroatoms. The molecule has 0 N–H and O–H groups in total. The number of nitrogens with zero attached hydrogens (tertiary/aromatic N) is 8. The number of fused-ring (bicyclic) bond motifs is 2. The van der Waals surface area contributed by atoms with Crippen LogP contribution in [0.5, 0.6) is 0 Å². The van der Waals surface area contributed by atoms with E-state index in [2.05, 4.69) is 70.6 Å². The topological polar surface area (TPSA) is 82.8 Å². The van der Waals surface area contributed by atoms with Gasteiger partial charge in [0.2, 0.25) is 11.9 Å². The maximum atomic E-state index is 12.5. The summed E-state index contributed by atoms with van der Waals surface area (Å²) in [4.78, 5) is 34.3. The second-order valence-electron chi connectivity index (χ2n) is 11.8. The molecule has 0 saturated carbocycles. The fourth-order valence-corrected chi connectivity index (χ4v) is 7.06. The standard InChI is InChI=1S/C31H40N8O/c1-4-29(40)39-18-17-36(21-25(39)11-14-32)30-26-10-9-23(38-16-12-22-7-5-6-8-28(22)38)19-27(26)33-31(34-30)37-15-13-24(20-37)35(2)3/h4-8,23-25H,1,9-13,15-21H2,2-3H3/t23?,24?,25-/m0/s1. The van der Waals surface area contributed by atoms with Gasteiger partial charge in [0.25, 0.3) is 0 Å². The van der Waals surface area contributed by atoms with Crippen LogP contribution in [0.3, 0.4) is 0 Å². The molecule has 1 aromatic carbocycles. The summed E-state index contributed by atoms with van der Waals surface area (Å²) in [5, 5.41) is 9.53. The van der Waals surface area contributed by atoms with E-state index >= 15 is 0 Å². The van der Waals surface area contributed by atoms with Gasteiger partial charge in [0.1, 0.15) is 5.82 Å². The summed E-state index contributed by atoms with van der Waals surface area (Å²) in [7, 11) is 4.29. The lowest BCUT2D eigenvalue weighted by molar-refractivity contribution is -0.128. The highest BCUT2D eigenvalue weighted by molar-refractivity contribution is 5.87. The average molecular weight is 541 g/mol. The number of rotatable bonds is 6. The van der Waals surface area contributed by atoms with Gasteiger partial charge in [-0.25, -0.2) is 4.98 Å². The Hall–Kier alpha value is -3.64. The van der Waals surface area contributed by atoms with E-state index in [9.17, 15) is 10.1 Å². The van der Waals surface area contributed by atoms with Gasteiger partial charge in [-0.2, -0.15) is 10.2 Å². The minimum Gasteiger partial charge on any atom is -0.368 e. The van der Waals surface area contributed by atoms with Crippen molar-refractivity contribution in [3.05, 3.63) is 53.7 Å². The van der Waals surface area contributed by atoms with Crippen molar-refractivity contribution in [1.82, 2.24) is 19.8 Å². The van der Waals surface area contributed by atoms with Gasteiger partial charge in [-0.15, -0.1) is 0 Å². The fraction of sp³-hybridized carbons (Fsp3) is 0.548.